The van der Waals surface area contributed by atoms with Gasteiger partial charge in [0.05, 0.1) is 12.1 Å². The highest BCUT2D eigenvalue weighted by Gasteiger charge is 2.09. The van der Waals surface area contributed by atoms with E-state index in [9.17, 15) is 4.79 Å². The molecule has 3 heteroatoms. The number of amides is 1. The zero-order valence-electron chi connectivity index (χ0n) is 10.7. The normalized spacial score (nSPS) is 14.1. The smallest absolute Gasteiger partial charge is 0.220 e. The van der Waals surface area contributed by atoms with E-state index in [0.717, 1.165) is 5.56 Å². The summed E-state index contributed by atoms with van der Waals surface area (Å²) in [6, 6.07) is 8.13. The monoisotopic (exact) mass is 235 g/mol. The predicted octanol–water partition coefficient (Wildman–Crippen LogP) is 2.33. The summed E-state index contributed by atoms with van der Waals surface area (Å²) in [5.41, 5.74) is 2.31. The van der Waals surface area contributed by atoms with Crippen LogP contribution < -0.4 is 5.32 Å². The maximum Gasteiger partial charge on any atom is 0.220 e. The van der Waals surface area contributed by atoms with Gasteiger partial charge in [-0.1, -0.05) is 29.8 Å². The van der Waals surface area contributed by atoms with Gasteiger partial charge in [0, 0.05) is 6.42 Å². The van der Waals surface area contributed by atoms with Crippen molar-refractivity contribution in [2.45, 2.75) is 45.8 Å². The number of aryl methyl sites for hydroxylation is 1. The van der Waals surface area contributed by atoms with Crippen molar-refractivity contribution in [3.63, 3.8) is 0 Å². The Labute approximate surface area is 103 Å². The second-order valence-electron chi connectivity index (χ2n) is 4.59. The van der Waals surface area contributed by atoms with E-state index in [1.807, 2.05) is 38.1 Å². The van der Waals surface area contributed by atoms with Crippen LogP contribution in [0, 0.1) is 6.92 Å². The van der Waals surface area contributed by atoms with Crippen LogP contribution in [0.15, 0.2) is 24.3 Å². The molecular weight excluding hydrogens is 214 g/mol. The highest BCUT2D eigenvalue weighted by atomic mass is 16.3. The van der Waals surface area contributed by atoms with Gasteiger partial charge in [0.25, 0.3) is 0 Å². The largest absolute Gasteiger partial charge is 0.393 e. The molecule has 0 aliphatic carbocycles. The van der Waals surface area contributed by atoms with Gasteiger partial charge in [-0.25, -0.2) is 0 Å². The van der Waals surface area contributed by atoms with Crippen LogP contribution in [0.5, 0.6) is 0 Å². The lowest BCUT2D eigenvalue weighted by Gasteiger charge is -2.15. The van der Waals surface area contributed by atoms with Gasteiger partial charge in [0.15, 0.2) is 0 Å². The van der Waals surface area contributed by atoms with Crippen molar-refractivity contribution < 1.29 is 9.90 Å². The van der Waals surface area contributed by atoms with Crippen molar-refractivity contribution >= 4 is 5.91 Å². The van der Waals surface area contributed by atoms with Gasteiger partial charge in [0.1, 0.15) is 0 Å². The van der Waals surface area contributed by atoms with Crippen molar-refractivity contribution in [2.24, 2.45) is 0 Å². The average molecular weight is 235 g/mol. The molecule has 0 radical (unpaired) electrons. The molecule has 17 heavy (non-hydrogen) atoms. The zero-order valence-corrected chi connectivity index (χ0v) is 10.7. The van der Waals surface area contributed by atoms with Gasteiger partial charge >= 0.3 is 0 Å². The molecule has 0 saturated carbocycles. The summed E-state index contributed by atoms with van der Waals surface area (Å²) < 4.78 is 0. The first-order valence-corrected chi connectivity index (χ1v) is 6.03. The van der Waals surface area contributed by atoms with E-state index in [1.54, 1.807) is 6.92 Å². The summed E-state index contributed by atoms with van der Waals surface area (Å²) in [5.74, 6) is -0.0148. The molecule has 2 atom stereocenters. The first-order valence-electron chi connectivity index (χ1n) is 6.03. The SMILES string of the molecule is Cc1ccc([C@@H](C)NC(=O)CCC(C)O)cc1. The molecule has 94 valence electrons. The maximum absolute atomic E-state index is 11.6. The number of rotatable bonds is 5. The van der Waals surface area contributed by atoms with Crippen molar-refractivity contribution in [3.05, 3.63) is 35.4 Å². The summed E-state index contributed by atoms with van der Waals surface area (Å²) in [6.07, 6.45) is 0.454. The number of carbonyl (C=O) groups excluding carboxylic acids is 1. The fraction of sp³-hybridized carbons (Fsp3) is 0.500. The molecule has 0 bridgehead atoms. The Bertz CT molecular complexity index is 357. The Morgan fingerprint density at radius 3 is 2.41 bits per heavy atom. The molecule has 1 rings (SSSR count). The zero-order chi connectivity index (χ0) is 12.8. The maximum atomic E-state index is 11.6. The van der Waals surface area contributed by atoms with Gasteiger partial charge in [-0.05, 0) is 32.8 Å². The van der Waals surface area contributed by atoms with Crippen LogP contribution in [-0.4, -0.2) is 17.1 Å². The lowest BCUT2D eigenvalue weighted by molar-refractivity contribution is -0.122. The number of hydrogen-bond donors (Lipinski definition) is 2. The minimum atomic E-state index is -0.421. The van der Waals surface area contributed by atoms with Crippen LogP contribution in [0.2, 0.25) is 0 Å². The molecule has 3 nitrogen and oxygen atoms in total. The van der Waals surface area contributed by atoms with E-state index in [1.165, 1.54) is 5.56 Å². The molecule has 0 fully saturated rings. The van der Waals surface area contributed by atoms with Crippen LogP contribution in [0.1, 0.15) is 43.9 Å². The molecule has 2 N–H and O–H groups in total. The molecule has 0 spiro atoms. The quantitative estimate of drug-likeness (QED) is 0.823. The summed E-state index contributed by atoms with van der Waals surface area (Å²) in [6.45, 7) is 5.69. The van der Waals surface area contributed by atoms with E-state index in [2.05, 4.69) is 5.32 Å². The van der Waals surface area contributed by atoms with Crippen LogP contribution in [0.4, 0.5) is 0 Å². The number of benzene rings is 1. The molecular formula is C14H21NO2. The first-order chi connectivity index (χ1) is 7.99. The highest BCUT2D eigenvalue weighted by Crippen LogP contribution is 2.13. The van der Waals surface area contributed by atoms with E-state index < -0.39 is 6.10 Å². The van der Waals surface area contributed by atoms with Gasteiger partial charge < -0.3 is 10.4 Å². The topological polar surface area (TPSA) is 49.3 Å². The lowest BCUT2D eigenvalue weighted by Crippen LogP contribution is -2.27. The van der Waals surface area contributed by atoms with Crippen molar-refractivity contribution in [1.29, 1.82) is 0 Å². The molecule has 0 aliphatic heterocycles. The fourth-order valence-corrected chi connectivity index (χ4v) is 1.59. The first kappa shape index (κ1) is 13.7. The highest BCUT2D eigenvalue weighted by molar-refractivity contribution is 5.76. The number of carbonyl (C=O) groups is 1. The third-order valence-electron chi connectivity index (χ3n) is 2.74. The van der Waals surface area contributed by atoms with Gasteiger partial charge in [0.2, 0.25) is 5.91 Å². The molecule has 1 amide bonds. The molecule has 0 heterocycles. The number of hydrogen-bond acceptors (Lipinski definition) is 2. The van der Waals surface area contributed by atoms with Crippen LogP contribution in [0.25, 0.3) is 0 Å². The van der Waals surface area contributed by atoms with E-state index in [4.69, 9.17) is 5.11 Å². The van der Waals surface area contributed by atoms with Crippen molar-refractivity contribution in [2.75, 3.05) is 0 Å². The average Bonchev–Trinajstić information content (AvgIpc) is 2.27. The predicted molar refractivity (Wildman–Crippen MR) is 68.7 cm³/mol. The van der Waals surface area contributed by atoms with E-state index >= 15 is 0 Å². The standard InChI is InChI=1S/C14H21NO2/c1-10-4-7-13(8-5-10)12(3)15-14(17)9-6-11(2)16/h4-5,7-8,11-12,16H,6,9H2,1-3H3,(H,15,17)/t11?,12-/m1/s1. The Morgan fingerprint density at radius 2 is 1.88 bits per heavy atom. The summed E-state index contributed by atoms with van der Waals surface area (Å²) in [5, 5.41) is 12.0. The Morgan fingerprint density at radius 1 is 1.29 bits per heavy atom. The van der Waals surface area contributed by atoms with Gasteiger partial charge in [-0.15, -0.1) is 0 Å². The molecule has 1 unspecified atom stereocenters. The number of aliphatic hydroxyl groups is 1. The summed E-state index contributed by atoms with van der Waals surface area (Å²) in [4.78, 5) is 11.6. The Balaban J connectivity index is 2.46. The summed E-state index contributed by atoms with van der Waals surface area (Å²) >= 11 is 0. The summed E-state index contributed by atoms with van der Waals surface area (Å²) in [7, 11) is 0. The third-order valence-corrected chi connectivity index (χ3v) is 2.74. The van der Waals surface area contributed by atoms with Crippen LogP contribution in [0.3, 0.4) is 0 Å². The molecule has 0 aromatic heterocycles. The van der Waals surface area contributed by atoms with E-state index in [-0.39, 0.29) is 11.9 Å². The second-order valence-corrected chi connectivity index (χ2v) is 4.59. The fourth-order valence-electron chi connectivity index (χ4n) is 1.59. The van der Waals surface area contributed by atoms with Crippen molar-refractivity contribution in [3.8, 4) is 0 Å². The van der Waals surface area contributed by atoms with Crippen molar-refractivity contribution in [1.82, 2.24) is 5.32 Å². The molecule has 1 aromatic rings. The third kappa shape index (κ3) is 5.00. The second kappa shape index (κ2) is 6.40. The molecule has 1 aromatic carbocycles. The minimum absolute atomic E-state index is 0.0112. The van der Waals surface area contributed by atoms with Gasteiger partial charge in [-0.3, -0.25) is 4.79 Å². The van der Waals surface area contributed by atoms with Gasteiger partial charge in [-0.2, -0.15) is 0 Å². The minimum Gasteiger partial charge on any atom is -0.393 e. The van der Waals surface area contributed by atoms with E-state index in [0.29, 0.717) is 12.8 Å². The van der Waals surface area contributed by atoms with Crippen LogP contribution >= 0.6 is 0 Å². The number of nitrogens with one attached hydrogen (secondary N) is 1. The van der Waals surface area contributed by atoms with Crippen LogP contribution in [-0.2, 0) is 4.79 Å². The molecule has 0 aliphatic rings. The Hall–Kier alpha value is -1.35. The lowest BCUT2D eigenvalue weighted by atomic mass is 10.1. The number of aliphatic hydroxyl groups excluding tert-OH is 1. The molecule has 0 saturated heterocycles. The Kier molecular flexibility index (Phi) is 5.16.